The second-order valence-corrected chi connectivity index (χ2v) is 9.49. The van der Waals surface area contributed by atoms with Crippen LogP contribution in [-0.2, 0) is 12.1 Å². The van der Waals surface area contributed by atoms with Gasteiger partial charge < -0.3 is 16.2 Å². The van der Waals surface area contributed by atoms with Crippen LogP contribution in [0.25, 0.3) is 16.9 Å². The Morgan fingerprint density at radius 3 is 2.48 bits per heavy atom. The van der Waals surface area contributed by atoms with Gasteiger partial charge in [0.2, 0.25) is 5.95 Å². The van der Waals surface area contributed by atoms with Crippen LogP contribution in [0.5, 0.6) is 0 Å². The molecule has 0 unspecified atom stereocenters. The molecule has 40 heavy (non-hydrogen) atoms. The number of nitrogens with two attached hydrogens (primary N) is 1. The Kier molecular flexibility index (Phi) is 7.39. The highest BCUT2D eigenvalue weighted by atomic mass is 19.1. The first kappa shape index (κ1) is 26.7. The van der Waals surface area contributed by atoms with Gasteiger partial charge in [-0.05, 0) is 68.3 Å². The van der Waals surface area contributed by atoms with E-state index in [0.29, 0.717) is 53.3 Å². The van der Waals surface area contributed by atoms with Crippen LogP contribution in [0, 0.1) is 11.6 Å². The summed E-state index contributed by atoms with van der Waals surface area (Å²) >= 11 is 0. The van der Waals surface area contributed by atoms with Crippen LogP contribution in [0.4, 0.5) is 26.1 Å². The minimum Gasteiger partial charge on any atom is -0.399 e. The molecule has 0 fully saturated rings. The molecule has 11 heteroatoms. The average Bonchev–Trinajstić information content (AvgIpc) is 3.18. The maximum atomic E-state index is 13.6. The van der Waals surface area contributed by atoms with Crippen LogP contribution in [0.3, 0.4) is 0 Å². The molecule has 2 aromatic carbocycles. The van der Waals surface area contributed by atoms with E-state index in [1.54, 1.807) is 54.1 Å². The predicted molar refractivity (Wildman–Crippen MR) is 149 cm³/mol. The summed E-state index contributed by atoms with van der Waals surface area (Å²) < 4.78 is 28.8. The Morgan fingerprint density at radius 1 is 1.00 bits per heavy atom. The van der Waals surface area contributed by atoms with Crippen molar-refractivity contribution in [1.29, 1.82) is 0 Å². The third-order valence-corrected chi connectivity index (χ3v) is 6.35. The van der Waals surface area contributed by atoms with E-state index >= 15 is 0 Å². The predicted octanol–water partition coefficient (Wildman–Crippen LogP) is 4.83. The van der Waals surface area contributed by atoms with Gasteiger partial charge >= 0.3 is 0 Å². The normalized spacial score (nSPS) is 17.2. The number of allylic oxidation sites excluding steroid dienone is 2. The number of fused-ring (bicyclic) bond motifs is 6. The number of aliphatic hydroxyl groups is 1. The van der Waals surface area contributed by atoms with Crippen LogP contribution in [0.2, 0.25) is 0 Å². The number of hydrogen-bond acceptors (Lipinski definition) is 7. The number of halogens is 2. The maximum absolute atomic E-state index is 13.6. The lowest BCUT2D eigenvalue weighted by atomic mass is 9.95. The molecule has 0 aliphatic carbocycles. The molecular formula is C29H27F2N7O2. The summed E-state index contributed by atoms with van der Waals surface area (Å²) in [5, 5.41) is 14.2. The van der Waals surface area contributed by atoms with E-state index in [4.69, 9.17) is 5.73 Å². The Hall–Kier alpha value is -4.90. The molecule has 9 nitrogen and oxygen atoms in total. The van der Waals surface area contributed by atoms with Gasteiger partial charge in [0.1, 0.15) is 22.6 Å². The van der Waals surface area contributed by atoms with Crippen molar-refractivity contribution in [2.75, 3.05) is 11.1 Å². The van der Waals surface area contributed by atoms with Crippen molar-refractivity contribution < 1.29 is 13.9 Å². The molecule has 4 N–H and O–H groups in total. The monoisotopic (exact) mass is 543 g/mol. The Balaban J connectivity index is 0.000000348. The number of pyridine rings is 1. The van der Waals surface area contributed by atoms with Gasteiger partial charge in [-0.15, -0.1) is 0 Å². The molecule has 0 radical (unpaired) electrons. The van der Waals surface area contributed by atoms with Crippen LogP contribution < -0.4 is 16.6 Å². The number of rotatable bonds is 2. The number of nitrogen functional groups attached to an aromatic ring is 1. The summed E-state index contributed by atoms with van der Waals surface area (Å²) in [7, 11) is 0. The van der Waals surface area contributed by atoms with Gasteiger partial charge in [-0.25, -0.2) is 28.1 Å². The van der Waals surface area contributed by atoms with Crippen LogP contribution >= 0.6 is 0 Å². The molecule has 0 spiro atoms. The van der Waals surface area contributed by atoms with Crippen LogP contribution in [-0.4, -0.2) is 29.4 Å². The highest BCUT2D eigenvalue weighted by molar-refractivity contribution is 5.77. The van der Waals surface area contributed by atoms with E-state index in [1.807, 2.05) is 12.2 Å². The van der Waals surface area contributed by atoms with Gasteiger partial charge in [-0.1, -0.05) is 30.4 Å². The topological polar surface area (TPSA) is 124 Å². The fourth-order valence-electron chi connectivity index (χ4n) is 4.31. The van der Waals surface area contributed by atoms with Crippen molar-refractivity contribution in [1.82, 2.24) is 24.3 Å². The molecule has 204 valence electrons. The van der Waals surface area contributed by atoms with E-state index in [9.17, 15) is 18.7 Å². The molecular weight excluding hydrogens is 516 g/mol. The molecule has 0 saturated carbocycles. The van der Waals surface area contributed by atoms with Crippen LogP contribution in [0.15, 0.2) is 89.9 Å². The second kappa shape index (κ2) is 11.1. The summed E-state index contributed by atoms with van der Waals surface area (Å²) in [6.45, 7) is 2.05. The highest BCUT2D eigenvalue weighted by Crippen LogP contribution is 2.27. The second-order valence-electron chi connectivity index (χ2n) is 9.49. The largest absolute Gasteiger partial charge is 0.399 e. The van der Waals surface area contributed by atoms with E-state index in [2.05, 4.69) is 20.3 Å². The molecule has 1 aliphatic rings. The summed E-state index contributed by atoms with van der Waals surface area (Å²) in [6, 6.07) is 17.1. The molecule has 3 aromatic heterocycles. The minimum atomic E-state index is -1.11. The molecule has 4 heterocycles. The zero-order valence-corrected chi connectivity index (χ0v) is 21.6. The lowest BCUT2D eigenvalue weighted by Gasteiger charge is -2.22. The first-order chi connectivity index (χ1) is 19.2. The molecule has 2 bridgehead atoms. The summed E-state index contributed by atoms with van der Waals surface area (Å²) in [6.07, 6.45) is 6.44. The highest BCUT2D eigenvalue weighted by Gasteiger charge is 2.26. The minimum absolute atomic E-state index is 0.219. The van der Waals surface area contributed by atoms with Gasteiger partial charge in [0.25, 0.3) is 5.56 Å². The van der Waals surface area contributed by atoms with E-state index in [-0.39, 0.29) is 23.1 Å². The number of benzene rings is 2. The maximum Gasteiger partial charge on any atom is 0.278 e. The van der Waals surface area contributed by atoms with Gasteiger partial charge in [-0.3, -0.25) is 4.79 Å². The SMILES string of the molecule is C[C@@]1(O)CC/C=C\Cn2c(=O)c3cnc(Nc4cccc(F)c4)nc3n2-c2cccc1n2.Nc1cccc(F)c1. The Bertz CT molecular complexity index is 1740. The van der Waals surface area contributed by atoms with Crippen molar-refractivity contribution in [3.8, 4) is 5.82 Å². The zero-order chi connectivity index (χ0) is 28.3. The van der Waals surface area contributed by atoms with Crippen molar-refractivity contribution >= 4 is 28.4 Å². The lowest BCUT2D eigenvalue weighted by Crippen LogP contribution is -2.24. The average molecular weight is 544 g/mol. The van der Waals surface area contributed by atoms with Gasteiger partial charge in [0, 0.05) is 17.6 Å². The van der Waals surface area contributed by atoms with Crippen LogP contribution in [0.1, 0.15) is 25.5 Å². The molecule has 0 saturated heterocycles. The molecule has 1 atom stereocenters. The number of nitrogens with zero attached hydrogens (tertiary/aromatic N) is 5. The number of nitrogens with one attached hydrogen (secondary N) is 1. The molecule has 1 aliphatic heterocycles. The van der Waals surface area contributed by atoms with Crippen molar-refractivity contribution in [3.63, 3.8) is 0 Å². The fourth-order valence-corrected chi connectivity index (χ4v) is 4.31. The van der Waals surface area contributed by atoms with Gasteiger partial charge in [0.15, 0.2) is 11.5 Å². The van der Waals surface area contributed by atoms with E-state index < -0.39 is 5.60 Å². The molecule has 5 aromatic rings. The lowest BCUT2D eigenvalue weighted by molar-refractivity contribution is 0.0443. The third-order valence-electron chi connectivity index (χ3n) is 6.35. The summed E-state index contributed by atoms with van der Waals surface area (Å²) in [5.41, 5.74) is 5.68. The van der Waals surface area contributed by atoms with Crippen molar-refractivity contribution in [3.05, 3.63) is 113 Å². The number of anilines is 3. The van der Waals surface area contributed by atoms with Crippen molar-refractivity contribution in [2.24, 2.45) is 0 Å². The summed E-state index contributed by atoms with van der Waals surface area (Å²) in [5.74, 6) is 0.00658. The quantitative estimate of drug-likeness (QED) is 0.215. The molecule has 0 amide bonds. The van der Waals surface area contributed by atoms with E-state index in [0.717, 1.165) is 0 Å². The Labute approximate surface area is 228 Å². The van der Waals surface area contributed by atoms with Crippen molar-refractivity contribution in [2.45, 2.75) is 31.9 Å². The number of aromatic nitrogens is 5. The van der Waals surface area contributed by atoms with E-state index in [1.165, 1.54) is 35.1 Å². The Morgan fingerprint density at radius 2 is 1.75 bits per heavy atom. The van der Waals surface area contributed by atoms with Gasteiger partial charge in [0.05, 0.1) is 12.2 Å². The smallest absolute Gasteiger partial charge is 0.278 e. The fraction of sp³-hybridized carbons (Fsp3) is 0.172. The third kappa shape index (κ3) is 5.74. The molecule has 6 rings (SSSR count). The summed E-state index contributed by atoms with van der Waals surface area (Å²) in [4.78, 5) is 26.6. The first-order valence-corrected chi connectivity index (χ1v) is 12.6. The van der Waals surface area contributed by atoms with Gasteiger partial charge in [-0.2, -0.15) is 4.98 Å². The standard InChI is InChI=1S/C23H21FN6O2.C6H6FN/c1-23(32)11-3-2-4-12-29-21(31)17-14-25-22(26-16-8-5-7-15(24)13-16)28-20(17)30(29)19-10-6-9-18(23)27-19;7-5-2-1-3-6(8)4-5/h2,4-10,13-14,32H,3,11-12H2,1H3,(H,25,26,28);1-4H,8H2/b4-2-;/t23-;/m1./s1. The number of hydrogen-bond donors (Lipinski definition) is 3. The first-order valence-electron chi connectivity index (χ1n) is 12.6. The zero-order valence-electron chi connectivity index (χ0n) is 21.6.